The van der Waals surface area contributed by atoms with Gasteiger partial charge in [0.15, 0.2) is 0 Å². The Morgan fingerprint density at radius 1 is 1.35 bits per heavy atom. The average molecular weight is 274 g/mol. The maximum absolute atomic E-state index is 10.9. The normalized spacial score (nSPS) is 9.90. The zero-order valence-corrected chi connectivity index (χ0v) is 11.0. The van der Waals surface area contributed by atoms with Gasteiger partial charge >= 0.3 is 5.97 Å². The van der Waals surface area contributed by atoms with Crippen LogP contribution >= 0.6 is 0 Å². The number of hydrogen-bond acceptors (Lipinski definition) is 6. The van der Waals surface area contributed by atoms with Crippen LogP contribution in [0.4, 0.5) is 17.5 Å². The Balaban J connectivity index is 2.30. The molecule has 2 rings (SSSR count). The molecular formula is C13H14N4O3. The van der Waals surface area contributed by atoms with E-state index in [-0.39, 0.29) is 5.56 Å². The Kier molecular flexibility index (Phi) is 3.99. The lowest BCUT2D eigenvalue weighted by Crippen LogP contribution is -2.03. The van der Waals surface area contributed by atoms with Gasteiger partial charge in [-0.3, -0.25) is 0 Å². The first kappa shape index (κ1) is 13.6. The zero-order chi connectivity index (χ0) is 14.5. The number of ether oxygens (including phenoxy) is 1. The average Bonchev–Trinajstić information content (AvgIpc) is 2.47. The first-order valence-electron chi connectivity index (χ1n) is 5.83. The van der Waals surface area contributed by atoms with Crippen molar-refractivity contribution >= 4 is 23.4 Å². The van der Waals surface area contributed by atoms with E-state index in [1.165, 1.54) is 19.2 Å². The first-order chi connectivity index (χ1) is 9.63. The van der Waals surface area contributed by atoms with E-state index in [2.05, 4.69) is 20.6 Å². The van der Waals surface area contributed by atoms with E-state index in [0.29, 0.717) is 23.2 Å². The summed E-state index contributed by atoms with van der Waals surface area (Å²) in [6.45, 7) is 0. The van der Waals surface area contributed by atoms with Crippen LogP contribution in [0.1, 0.15) is 10.4 Å². The van der Waals surface area contributed by atoms with Crippen LogP contribution < -0.4 is 15.4 Å². The number of carbonyl (C=O) groups is 1. The number of rotatable bonds is 5. The number of aromatic nitrogens is 2. The summed E-state index contributed by atoms with van der Waals surface area (Å²) in [7, 11) is 3.23. The molecule has 2 aromatic rings. The molecule has 1 aromatic heterocycles. The number of benzene rings is 1. The van der Waals surface area contributed by atoms with Crippen LogP contribution in [0.5, 0.6) is 5.75 Å². The van der Waals surface area contributed by atoms with E-state index in [9.17, 15) is 4.79 Å². The Bertz CT molecular complexity index is 631. The van der Waals surface area contributed by atoms with Crippen molar-refractivity contribution in [1.29, 1.82) is 0 Å². The molecular weight excluding hydrogens is 260 g/mol. The van der Waals surface area contributed by atoms with E-state index in [0.717, 1.165) is 0 Å². The van der Waals surface area contributed by atoms with Gasteiger partial charge in [-0.2, -0.15) is 4.98 Å². The van der Waals surface area contributed by atoms with E-state index < -0.39 is 5.97 Å². The SMILES string of the molecule is CNc1ccnc(Nc2ccc(C(=O)O)cc2OC)n1. The highest BCUT2D eigenvalue weighted by Crippen LogP contribution is 2.27. The van der Waals surface area contributed by atoms with E-state index in [4.69, 9.17) is 9.84 Å². The third kappa shape index (κ3) is 2.94. The van der Waals surface area contributed by atoms with Gasteiger partial charge in [0.2, 0.25) is 5.95 Å². The highest BCUT2D eigenvalue weighted by molar-refractivity contribution is 5.89. The molecule has 0 aliphatic rings. The number of methoxy groups -OCH3 is 1. The molecule has 1 aromatic carbocycles. The molecule has 0 aliphatic heterocycles. The highest BCUT2D eigenvalue weighted by atomic mass is 16.5. The molecule has 0 aliphatic carbocycles. The molecule has 0 spiro atoms. The predicted molar refractivity (Wildman–Crippen MR) is 74.8 cm³/mol. The number of nitrogens with one attached hydrogen (secondary N) is 2. The summed E-state index contributed by atoms with van der Waals surface area (Å²) in [6.07, 6.45) is 1.61. The monoisotopic (exact) mass is 274 g/mol. The fourth-order valence-electron chi connectivity index (χ4n) is 1.61. The molecule has 0 radical (unpaired) electrons. The molecule has 0 fully saturated rings. The minimum atomic E-state index is -1.01. The standard InChI is InChI=1S/C13H14N4O3/c1-14-11-5-6-15-13(17-11)16-9-4-3-8(12(18)19)7-10(9)20-2/h3-7H,1-2H3,(H,18,19)(H2,14,15,16,17). The minimum absolute atomic E-state index is 0.150. The van der Waals surface area contributed by atoms with Crippen molar-refractivity contribution < 1.29 is 14.6 Å². The van der Waals surface area contributed by atoms with E-state index in [1.807, 2.05) is 0 Å². The topological polar surface area (TPSA) is 96.4 Å². The van der Waals surface area contributed by atoms with Crippen LogP contribution in [-0.4, -0.2) is 35.2 Å². The van der Waals surface area contributed by atoms with Crippen LogP contribution in [0.25, 0.3) is 0 Å². The van der Waals surface area contributed by atoms with Crippen molar-refractivity contribution in [2.24, 2.45) is 0 Å². The quantitative estimate of drug-likeness (QED) is 0.767. The van der Waals surface area contributed by atoms with Gasteiger partial charge in [-0.25, -0.2) is 9.78 Å². The van der Waals surface area contributed by atoms with Crippen molar-refractivity contribution in [3.8, 4) is 5.75 Å². The molecule has 3 N–H and O–H groups in total. The number of nitrogens with zero attached hydrogens (tertiary/aromatic N) is 2. The number of carboxylic acid groups (broad SMARTS) is 1. The van der Waals surface area contributed by atoms with Crippen molar-refractivity contribution in [2.75, 3.05) is 24.8 Å². The molecule has 1 heterocycles. The number of aromatic carboxylic acids is 1. The second-order valence-electron chi connectivity index (χ2n) is 3.86. The lowest BCUT2D eigenvalue weighted by Gasteiger charge is -2.11. The summed E-state index contributed by atoms with van der Waals surface area (Å²) < 4.78 is 5.17. The minimum Gasteiger partial charge on any atom is -0.495 e. The zero-order valence-electron chi connectivity index (χ0n) is 11.0. The summed E-state index contributed by atoms with van der Waals surface area (Å²) in [5.41, 5.74) is 0.739. The van der Waals surface area contributed by atoms with Crippen LogP contribution in [0, 0.1) is 0 Å². The summed E-state index contributed by atoms with van der Waals surface area (Å²) in [5.74, 6) is 0.452. The second kappa shape index (κ2) is 5.87. The largest absolute Gasteiger partial charge is 0.495 e. The van der Waals surface area contributed by atoms with Crippen molar-refractivity contribution in [3.63, 3.8) is 0 Å². The molecule has 0 atom stereocenters. The molecule has 0 bridgehead atoms. The van der Waals surface area contributed by atoms with Gasteiger partial charge in [0.25, 0.3) is 0 Å². The van der Waals surface area contributed by atoms with Crippen LogP contribution in [0.2, 0.25) is 0 Å². The number of carboxylic acids is 1. The molecule has 104 valence electrons. The Labute approximate surface area is 115 Å². The van der Waals surface area contributed by atoms with Gasteiger partial charge in [0.1, 0.15) is 11.6 Å². The maximum atomic E-state index is 10.9. The van der Waals surface area contributed by atoms with Gasteiger partial charge in [-0.15, -0.1) is 0 Å². The third-order valence-corrected chi connectivity index (χ3v) is 2.61. The Morgan fingerprint density at radius 2 is 2.15 bits per heavy atom. The molecule has 7 heteroatoms. The van der Waals surface area contributed by atoms with Gasteiger partial charge in [-0.05, 0) is 24.3 Å². The molecule has 0 unspecified atom stereocenters. The van der Waals surface area contributed by atoms with Crippen molar-refractivity contribution in [3.05, 3.63) is 36.0 Å². The molecule has 20 heavy (non-hydrogen) atoms. The van der Waals surface area contributed by atoms with Crippen LogP contribution in [0.15, 0.2) is 30.5 Å². The third-order valence-electron chi connectivity index (χ3n) is 2.61. The van der Waals surface area contributed by atoms with Gasteiger partial charge in [0.05, 0.1) is 18.4 Å². The van der Waals surface area contributed by atoms with Crippen molar-refractivity contribution in [2.45, 2.75) is 0 Å². The number of hydrogen-bond donors (Lipinski definition) is 3. The summed E-state index contributed by atoms with van der Waals surface area (Å²) >= 11 is 0. The molecule has 0 saturated heterocycles. The van der Waals surface area contributed by atoms with Crippen LogP contribution in [-0.2, 0) is 0 Å². The van der Waals surface area contributed by atoms with Crippen LogP contribution in [0.3, 0.4) is 0 Å². The van der Waals surface area contributed by atoms with Gasteiger partial charge in [-0.1, -0.05) is 0 Å². The summed E-state index contributed by atoms with van der Waals surface area (Å²) in [6, 6.07) is 6.26. The summed E-state index contributed by atoms with van der Waals surface area (Å²) in [5, 5.41) is 14.8. The smallest absolute Gasteiger partial charge is 0.335 e. The number of anilines is 3. The van der Waals surface area contributed by atoms with Gasteiger partial charge < -0.3 is 20.5 Å². The summed E-state index contributed by atoms with van der Waals surface area (Å²) in [4.78, 5) is 19.2. The first-order valence-corrected chi connectivity index (χ1v) is 5.83. The van der Waals surface area contributed by atoms with E-state index >= 15 is 0 Å². The highest BCUT2D eigenvalue weighted by Gasteiger charge is 2.10. The maximum Gasteiger partial charge on any atom is 0.335 e. The van der Waals surface area contributed by atoms with E-state index in [1.54, 1.807) is 25.4 Å². The molecule has 0 amide bonds. The lowest BCUT2D eigenvalue weighted by atomic mass is 10.2. The Hall–Kier alpha value is -2.83. The second-order valence-corrected chi connectivity index (χ2v) is 3.86. The van der Waals surface area contributed by atoms with Crippen molar-refractivity contribution in [1.82, 2.24) is 9.97 Å². The van der Waals surface area contributed by atoms with Gasteiger partial charge in [0, 0.05) is 13.2 Å². The molecule has 0 saturated carbocycles. The Morgan fingerprint density at radius 3 is 2.80 bits per heavy atom. The molecule has 7 nitrogen and oxygen atoms in total. The lowest BCUT2D eigenvalue weighted by molar-refractivity contribution is 0.0696. The fraction of sp³-hybridized carbons (Fsp3) is 0.154. The predicted octanol–water partition coefficient (Wildman–Crippen LogP) is 1.97. The fourth-order valence-corrected chi connectivity index (χ4v) is 1.61.